The van der Waals surface area contributed by atoms with E-state index in [9.17, 15) is 24.0 Å². The maximum atomic E-state index is 13.4. The van der Waals surface area contributed by atoms with Crippen LogP contribution in [-0.4, -0.2) is 75.7 Å². The Morgan fingerprint density at radius 2 is 1.62 bits per heavy atom. The number of methoxy groups -OCH3 is 4. The minimum absolute atomic E-state index is 0.161. The summed E-state index contributed by atoms with van der Waals surface area (Å²) in [6.45, 7) is 0.489. The van der Waals surface area contributed by atoms with Crippen LogP contribution in [0.5, 0.6) is 0 Å². The molecule has 1 spiro atoms. The van der Waals surface area contributed by atoms with E-state index in [1.54, 1.807) is 6.20 Å². The van der Waals surface area contributed by atoms with E-state index in [0.29, 0.717) is 18.5 Å². The summed E-state index contributed by atoms with van der Waals surface area (Å²) in [7, 11) is 4.54. The number of carbonyl (C=O) groups excluding carboxylic acids is 5. The zero-order valence-corrected chi connectivity index (χ0v) is 20.9. The van der Waals surface area contributed by atoms with Crippen LogP contribution in [0.1, 0.15) is 18.4 Å². The fourth-order valence-corrected chi connectivity index (χ4v) is 5.72. The SMILES string of the molecule is COC(=O)C(=CC1=CN2CC[C@@]3(C(=O)Nc4ccccc43)[C@H]2C[C@@H]1C(C(=O)OC)C(=O)OC)C(=O)OC. The van der Waals surface area contributed by atoms with E-state index in [4.69, 9.17) is 18.9 Å². The van der Waals surface area contributed by atoms with Crippen LogP contribution in [0.3, 0.4) is 0 Å². The molecule has 1 aromatic rings. The predicted octanol–water partition coefficient (Wildman–Crippen LogP) is 1.09. The van der Waals surface area contributed by atoms with Crippen LogP contribution < -0.4 is 5.32 Å². The molecule has 1 amide bonds. The van der Waals surface area contributed by atoms with Gasteiger partial charge in [0.15, 0.2) is 5.92 Å². The van der Waals surface area contributed by atoms with Gasteiger partial charge in [0.05, 0.1) is 33.9 Å². The molecule has 1 N–H and O–H groups in total. The number of hydrogen-bond acceptors (Lipinski definition) is 10. The number of ether oxygens (including phenoxy) is 4. The Balaban J connectivity index is 1.88. The van der Waals surface area contributed by atoms with Gasteiger partial charge in [-0.15, -0.1) is 0 Å². The number of hydrogen-bond donors (Lipinski definition) is 1. The van der Waals surface area contributed by atoms with Gasteiger partial charge in [0.1, 0.15) is 5.57 Å². The molecule has 37 heavy (non-hydrogen) atoms. The molecule has 3 atom stereocenters. The second kappa shape index (κ2) is 10.1. The van der Waals surface area contributed by atoms with Crippen molar-refractivity contribution in [3.63, 3.8) is 0 Å². The fraction of sp³-hybridized carbons (Fsp3) is 0.423. The first kappa shape index (κ1) is 25.9. The lowest BCUT2D eigenvalue weighted by Crippen LogP contribution is -2.50. The number of para-hydroxylation sites is 1. The van der Waals surface area contributed by atoms with Crippen LogP contribution in [0.2, 0.25) is 0 Å². The summed E-state index contributed by atoms with van der Waals surface area (Å²) in [6, 6.07) is 7.01. The molecule has 1 aromatic carbocycles. The maximum Gasteiger partial charge on any atom is 0.345 e. The van der Waals surface area contributed by atoms with Crippen molar-refractivity contribution in [1.82, 2.24) is 4.90 Å². The first-order valence-electron chi connectivity index (χ1n) is 11.7. The third-order valence-corrected chi connectivity index (χ3v) is 7.45. The highest BCUT2D eigenvalue weighted by molar-refractivity contribution is 6.14. The number of nitrogens with zero attached hydrogens (tertiary/aromatic N) is 1. The molecule has 1 fully saturated rings. The van der Waals surface area contributed by atoms with E-state index < -0.39 is 52.7 Å². The van der Waals surface area contributed by atoms with Crippen molar-refractivity contribution in [2.24, 2.45) is 11.8 Å². The highest BCUT2D eigenvalue weighted by Crippen LogP contribution is 2.53. The molecule has 11 nitrogen and oxygen atoms in total. The maximum absolute atomic E-state index is 13.4. The van der Waals surface area contributed by atoms with E-state index in [-0.39, 0.29) is 12.3 Å². The van der Waals surface area contributed by atoms with Gasteiger partial charge in [-0.05, 0) is 36.1 Å². The fourth-order valence-electron chi connectivity index (χ4n) is 5.72. The Bertz CT molecular complexity index is 1190. The number of rotatable bonds is 6. The average molecular weight is 513 g/mol. The van der Waals surface area contributed by atoms with Crippen LogP contribution >= 0.6 is 0 Å². The zero-order valence-electron chi connectivity index (χ0n) is 20.9. The van der Waals surface area contributed by atoms with Crippen molar-refractivity contribution >= 4 is 35.5 Å². The first-order chi connectivity index (χ1) is 17.7. The van der Waals surface area contributed by atoms with E-state index in [2.05, 4.69) is 5.32 Å². The highest BCUT2D eigenvalue weighted by atomic mass is 16.5. The van der Waals surface area contributed by atoms with Crippen molar-refractivity contribution in [3.8, 4) is 0 Å². The van der Waals surface area contributed by atoms with Gasteiger partial charge in [-0.2, -0.15) is 0 Å². The van der Waals surface area contributed by atoms with Gasteiger partial charge >= 0.3 is 23.9 Å². The normalized spacial score (nSPS) is 23.4. The predicted molar refractivity (Wildman–Crippen MR) is 128 cm³/mol. The van der Waals surface area contributed by atoms with Crippen LogP contribution in [0, 0.1) is 11.8 Å². The second-order valence-corrected chi connectivity index (χ2v) is 9.01. The Morgan fingerprint density at radius 3 is 2.22 bits per heavy atom. The van der Waals surface area contributed by atoms with Crippen LogP contribution in [-0.2, 0) is 48.3 Å². The molecule has 3 heterocycles. The van der Waals surface area contributed by atoms with Crippen LogP contribution in [0.15, 0.2) is 47.7 Å². The average Bonchev–Trinajstić information content (AvgIpc) is 3.43. The van der Waals surface area contributed by atoms with Crippen molar-refractivity contribution in [2.75, 3.05) is 40.3 Å². The molecule has 1 saturated heterocycles. The summed E-state index contributed by atoms with van der Waals surface area (Å²) in [5, 5.41) is 2.96. The molecular formula is C26H28N2O9. The van der Waals surface area contributed by atoms with Crippen molar-refractivity contribution in [3.05, 3.63) is 53.3 Å². The number of amides is 1. The number of esters is 4. The third kappa shape index (κ3) is 4.13. The number of benzene rings is 1. The van der Waals surface area contributed by atoms with Crippen molar-refractivity contribution in [1.29, 1.82) is 0 Å². The Labute approximate surface area is 213 Å². The summed E-state index contributed by atoms with van der Waals surface area (Å²) in [5.41, 5.74) is 0.566. The zero-order chi connectivity index (χ0) is 26.9. The molecule has 0 unspecified atom stereocenters. The molecule has 3 aliphatic rings. The van der Waals surface area contributed by atoms with Gasteiger partial charge in [-0.25, -0.2) is 9.59 Å². The summed E-state index contributed by atoms with van der Waals surface area (Å²) < 4.78 is 19.3. The number of fused-ring (bicyclic) bond motifs is 4. The molecule has 11 heteroatoms. The van der Waals surface area contributed by atoms with Gasteiger partial charge in [-0.1, -0.05) is 18.2 Å². The number of anilines is 1. The summed E-state index contributed by atoms with van der Waals surface area (Å²) in [6.07, 6.45) is 3.58. The van der Waals surface area contributed by atoms with E-state index in [1.165, 1.54) is 6.08 Å². The minimum atomic E-state index is -1.41. The molecule has 0 aromatic heterocycles. The monoisotopic (exact) mass is 512 g/mol. The van der Waals surface area contributed by atoms with Gasteiger partial charge < -0.3 is 29.2 Å². The smallest absolute Gasteiger partial charge is 0.345 e. The largest absolute Gasteiger partial charge is 0.468 e. The second-order valence-electron chi connectivity index (χ2n) is 9.01. The molecule has 0 saturated carbocycles. The summed E-state index contributed by atoms with van der Waals surface area (Å²) >= 11 is 0. The lowest BCUT2D eigenvalue weighted by molar-refractivity contribution is -0.161. The van der Waals surface area contributed by atoms with Crippen LogP contribution in [0.4, 0.5) is 5.69 Å². The van der Waals surface area contributed by atoms with Gasteiger partial charge in [0.25, 0.3) is 0 Å². The molecule has 0 aliphatic carbocycles. The standard InChI is InChI=1S/C26H28N2O9/c1-34-21(29)16(22(30)35-2)11-14-13-28-10-9-26(17-7-5-6-8-18(17)27-25(26)33)19(28)12-15(14)20(23(31)36-3)24(32)37-4/h5-8,11,13,15,19-20H,9-10,12H2,1-4H3,(H,27,33)/t15-,19+,26-/m0/s1. The highest BCUT2D eigenvalue weighted by Gasteiger charge is 2.59. The quantitative estimate of drug-likeness (QED) is 0.194. The number of allylic oxidation sites excluding steroid dienone is 2. The van der Waals surface area contributed by atoms with E-state index in [0.717, 1.165) is 39.7 Å². The topological polar surface area (TPSA) is 138 Å². The van der Waals surface area contributed by atoms with Gasteiger partial charge in [0, 0.05) is 30.4 Å². The molecule has 196 valence electrons. The number of nitrogens with one attached hydrogen (secondary N) is 1. The molecule has 3 aliphatic heterocycles. The van der Waals surface area contributed by atoms with Gasteiger partial charge in [0.2, 0.25) is 5.91 Å². The lowest BCUT2D eigenvalue weighted by atomic mass is 9.68. The van der Waals surface area contributed by atoms with Crippen molar-refractivity contribution in [2.45, 2.75) is 24.3 Å². The Kier molecular flexibility index (Phi) is 7.06. The van der Waals surface area contributed by atoms with Gasteiger partial charge in [-0.3, -0.25) is 14.4 Å². The van der Waals surface area contributed by atoms with Crippen molar-refractivity contribution < 1.29 is 42.9 Å². The molecule has 4 rings (SSSR count). The van der Waals surface area contributed by atoms with E-state index in [1.807, 2.05) is 29.2 Å². The summed E-state index contributed by atoms with van der Waals surface area (Å²) in [4.78, 5) is 65.8. The third-order valence-electron chi connectivity index (χ3n) is 7.45. The van der Waals surface area contributed by atoms with Crippen LogP contribution in [0.25, 0.3) is 0 Å². The molecular weight excluding hydrogens is 484 g/mol. The lowest BCUT2D eigenvalue weighted by Gasteiger charge is -2.41. The summed E-state index contributed by atoms with van der Waals surface area (Å²) in [5.74, 6) is -6.03. The Morgan fingerprint density at radius 1 is 1.00 bits per heavy atom. The van der Waals surface area contributed by atoms with E-state index >= 15 is 0 Å². The molecule has 0 bridgehead atoms. The minimum Gasteiger partial charge on any atom is -0.468 e. The Hall–Kier alpha value is -4.15. The number of carbonyl (C=O) groups is 5. The first-order valence-corrected chi connectivity index (χ1v) is 11.7. The molecule has 0 radical (unpaired) electrons.